The van der Waals surface area contributed by atoms with E-state index in [0.717, 1.165) is 14.9 Å². The second kappa shape index (κ2) is 8.09. The van der Waals surface area contributed by atoms with E-state index >= 15 is 0 Å². The van der Waals surface area contributed by atoms with Crippen LogP contribution in [0.25, 0.3) is 0 Å². The smallest absolute Gasteiger partial charge is 0.253 e. The summed E-state index contributed by atoms with van der Waals surface area (Å²) in [5.74, 6) is 0.185. The van der Waals surface area contributed by atoms with Gasteiger partial charge in [0.25, 0.3) is 5.91 Å². The van der Waals surface area contributed by atoms with Crippen LogP contribution in [0.1, 0.15) is 5.56 Å². The molecular formula is C15H14BrNO2S. The summed E-state index contributed by atoms with van der Waals surface area (Å²) in [4.78, 5) is 17.8. The Balaban J connectivity index is 1.67. The molecule has 2 rings (SSSR count). The van der Waals surface area contributed by atoms with Crippen LogP contribution in [-0.4, -0.2) is 11.7 Å². The number of amides is 1. The van der Waals surface area contributed by atoms with Crippen molar-refractivity contribution in [2.24, 2.45) is 0 Å². The van der Waals surface area contributed by atoms with Crippen molar-refractivity contribution in [3.63, 3.8) is 0 Å². The number of benzene rings is 2. The maximum Gasteiger partial charge on any atom is 0.253 e. The predicted octanol–water partition coefficient (Wildman–Crippen LogP) is 3.79. The molecule has 0 radical (unpaired) electrons. The van der Waals surface area contributed by atoms with E-state index in [0.29, 0.717) is 12.4 Å². The lowest BCUT2D eigenvalue weighted by atomic mass is 10.2. The van der Waals surface area contributed by atoms with Crippen molar-refractivity contribution in [1.82, 2.24) is 5.48 Å². The fraction of sp³-hybridized carbons (Fsp3) is 0.133. The molecule has 0 fully saturated rings. The summed E-state index contributed by atoms with van der Waals surface area (Å²) < 4.78 is 1.03. The van der Waals surface area contributed by atoms with Gasteiger partial charge in [0.15, 0.2) is 0 Å². The number of rotatable bonds is 6. The van der Waals surface area contributed by atoms with E-state index < -0.39 is 0 Å². The topological polar surface area (TPSA) is 38.3 Å². The maximum atomic E-state index is 11.6. The highest BCUT2D eigenvalue weighted by Gasteiger charge is 2.03. The van der Waals surface area contributed by atoms with Gasteiger partial charge in [-0.25, -0.2) is 5.48 Å². The molecule has 0 bridgehead atoms. The molecule has 0 aliphatic rings. The molecule has 0 spiro atoms. The van der Waals surface area contributed by atoms with Gasteiger partial charge in [-0.3, -0.25) is 9.63 Å². The van der Waals surface area contributed by atoms with Gasteiger partial charge < -0.3 is 0 Å². The minimum absolute atomic E-state index is 0.145. The molecular weight excluding hydrogens is 338 g/mol. The molecule has 0 aromatic heterocycles. The van der Waals surface area contributed by atoms with Crippen LogP contribution in [0.15, 0.2) is 64.0 Å². The van der Waals surface area contributed by atoms with Crippen LogP contribution in [0.4, 0.5) is 0 Å². The van der Waals surface area contributed by atoms with E-state index in [1.165, 1.54) is 11.8 Å². The Bertz CT molecular complexity index is 546. The number of hydroxylamine groups is 1. The fourth-order valence-corrected chi connectivity index (χ4v) is 2.43. The van der Waals surface area contributed by atoms with E-state index in [1.807, 2.05) is 54.6 Å². The van der Waals surface area contributed by atoms with Gasteiger partial charge in [-0.15, -0.1) is 11.8 Å². The van der Waals surface area contributed by atoms with Crippen LogP contribution in [0.5, 0.6) is 0 Å². The lowest BCUT2D eigenvalue weighted by Gasteiger charge is -2.06. The first-order valence-corrected chi connectivity index (χ1v) is 7.85. The molecule has 2 aromatic carbocycles. The first-order chi connectivity index (χ1) is 9.74. The highest BCUT2D eigenvalue weighted by Crippen LogP contribution is 2.20. The predicted molar refractivity (Wildman–Crippen MR) is 84.2 cm³/mol. The number of nitrogens with one attached hydrogen (secondary N) is 1. The monoisotopic (exact) mass is 351 g/mol. The molecule has 0 heterocycles. The third-order valence-corrected chi connectivity index (χ3v) is 3.99. The summed E-state index contributed by atoms with van der Waals surface area (Å²) in [6.45, 7) is 0.371. The fourth-order valence-electron chi connectivity index (χ4n) is 1.48. The minimum Gasteiger partial charge on any atom is -0.272 e. The van der Waals surface area contributed by atoms with Crippen LogP contribution in [0.3, 0.4) is 0 Å². The molecule has 104 valence electrons. The normalized spacial score (nSPS) is 10.2. The van der Waals surface area contributed by atoms with Crippen molar-refractivity contribution >= 4 is 33.6 Å². The SMILES string of the molecule is O=C(CSc1ccc(Br)cc1)NOCc1ccccc1. The molecule has 1 amide bonds. The molecule has 20 heavy (non-hydrogen) atoms. The van der Waals surface area contributed by atoms with Crippen LogP contribution >= 0.6 is 27.7 Å². The molecule has 0 saturated heterocycles. The number of carbonyl (C=O) groups is 1. The minimum atomic E-state index is -0.145. The van der Waals surface area contributed by atoms with Crippen molar-refractivity contribution in [2.75, 3.05) is 5.75 Å². The lowest BCUT2D eigenvalue weighted by molar-refractivity contribution is -0.131. The van der Waals surface area contributed by atoms with Crippen LogP contribution in [0, 0.1) is 0 Å². The van der Waals surface area contributed by atoms with Gasteiger partial charge in [0.05, 0.1) is 12.4 Å². The van der Waals surface area contributed by atoms with Crippen molar-refractivity contribution in [1.29, 1.82) is 0 Å². The average molecular weight is 352 g/mol. The molecule has 0 unspecified atom stereocenters. The van der Waals surface area contributed by atoms with Gasteiger partial charge in [0.1, 0.15) is 0 Å². The Morgan fingerprint density at radius 3 is 2.50 bits per heavy atom. The summed E-state index contributed by atoms with van der Waals surface area (Å²) >= 11 is 4.84. The third-order valence-electron chi connectivity index (χ3n) is 2.45. The Labute approximate surface area is 130 Å². The van der Waals surface area contributed by atoms with Crippen molar-refractivity contribution in [3.8, 4) is 0 Å². The largest absolute Gasteiger partial charge is 0.272 e. The molecule has 0 atom stereocenters. The second-order valence-electron chi connectivity index (χ2n) is 4.04. The Kier molecular flexibility index (Phi) is 6.11. The molecule has 0 aliphatic carbocycles. The van der Waals surface area contributed by atoms with Crippen LogP contribution in [0.2, 0.25) is 0 Å². The molecule has 1 N–H and O–H groups in total. The van der Waals surface area contributed by atoms with Crippen LogP contribution < -0.4 is 5.48 Å². The highest BCUT2D eigenvalue weighted by atomic mass is 79.9. The summed E-state index contributed by atoms with van der Waals surface area (Å²) in [7, 11) is 0. The first kappa shape index (κ1) is 15.1. The zero-order valence-corrected chi connectivity index (χ0v) is 13.1. The third kappa shape index (κ3) is 5.36. The van der Waals surface area contributed by atoms with Crippen molar-refractivity contribution in [3.05, 3.63) is 64.6 Å². The van der Waals surface area contributed by atoms with Gasteiger partial charge in [0.2, 0.25) is 0 Å². The van der Waals surface area contributed by atoms with E-state index in [4.69, 9.17) is 4.84 Å². The Morgan fingerprint density at radius 1 is 1.10 bits per heavy atom. The number of hydrogen-bond acceptors (Lipinski definition) is 3. The van der Waals surface area contributed by atoms with Gasteiger partial charge in [0, 0.05) is 9.37 Å². The van der Waals surface area contributed by atoms with E-state index in [9.17, 15) is 4.79 Å². The van der Waals surface area contributed by atoms with Crippen molar-refractivity contribution < 1.29 is 9.63 Å². The Morgan fingerprint density at radius 2 is 1.80 bits per heavy atom. The number of halogens is 1. The molecule has 3 nitrogen and oxygen atoms in total. The summed E-state index contributed by atoms with van der Waals surface area (Å²) in [5, 5.41) is 0. The van der Waals surface area contributed by atoms with E-state index in [-0.39, 0.29) is 5.91 Å². The van der Waals surface area contributed by atoms with Gasteiger partial charge in [-0.1, -0.05) is 46.3 Å². The van der Waals surface area contributed by atoms with Gasteiger partial charge >= 0.3 is 0 Å². The van der Waals surface area contributed by atoms with E-state index in [2.05, 4.69) is 21.4 Å². The molecule has 5 heteroatoms. The lowest BCUT2D eigenvalue weighted by Crippen LogP contribution is -2.25. The average Bonchev–Trinajstić information content (AvgIpc) is 2.48. The van der Waals surface area contributed by atoms with Crippen LogP contribution in [-0.2, 0) is 16.2 Å². The highest BCUT2D eigenvalue weighted by molar-refractivity contribution is 9.10. The maximum absolute atomic E-state index is 11.6. The molecule has 2 aromatic rings. The molecule has 0 aliphatic heterocycles. The second-order valence-corrected chi connectivity index (χ2v) is 6.01. The number of thioether (sulfide) groups is 1. The zero-order chi connectivity index (χ0) is 14.2. The summed E-state index contributed by atoms with van der Waals surface area (Å²) in [6.07, 6.45) is 0. The molecule has 0 saturated carbocycles. The van der Waals surface area contributed by atoms with Crippen molar-refractivity contribution in [2.45, 2.75) is 11.5 Å². The van der Waals surface area contributed by atoms with Gasteiger partial charge in [-0.2, -0.15) is 0 Å². The van der Waals surface area contributed by atoms with E-state index in [1.54, 1.807) is 0 Å². The number of carbonyl (C=O) groups excluding carboxylic acids is 1. The summed E-state index contributed by atoms with van der Waals surface area (Å²) in [6, 6.07) is 17.5. The van der Waals surface area contributed by atoms with Gasteiger partial charge in [-0.05, 0) is 29.8 Å². The summed E-state index contributed by atoms with van der Waals surface area (Å²) in [5.41, 5.74) is 3.47. The quantitative estimate of drug-likeness (QED) is 0.635. The first-order valence-electron chi connectivity index (χ1n) is 6.07. The Hall–Kier alpha value is -1.30. The zero-order valence-electron chi connectivity index (χ0n) is 10.7. The standard InChI is InChI=1S/C15H14BrNO2S/c16-13-6-8-14(9-7-13)20-11-15(18)17-19-10-12-4-2-1-3-5-12/h1-9H,10-11H2,(H,17,18). The number of hydrogen-bond donors (Lipinski definition) is 1.